The van der Waals surface area contributed by atoms with E-state index in [-0.39, 0.29) is 6.04 Å². The number of hydrogen-bond donors (Lipinski definition) is 1. The molecule has 1 aromatic carbocycles. The van der Waals surface area contributed by atoms with Crippen molar-refractivity contribution in [2.75, 3.05) is 13.2 Å². The van der Waals surface area contributed by atoms with E-state index in [9.17, 15) is 0 Å². The van der Waals surface area contributed by atoms with Crippen LogP contribution in [0.5, 0.6) is 11.5 Å². The first-order chi connectivity index (χ1) is 9.74. The highest BCUT2D eigenvalue weighted by atomic mass is 16.5. The van der Waals surface area contributed by atoms with Gasteiger partial charge in [-0.15, -0.1) is 0 Å². The van der Waals surface area contributed by atoms with Gasteiger partial charge in [0.15, 0.2) is 11.5 Å². The first-order valence-corrected chi connectivity index (χ1v) is 6.83. The fourth-order valence-electron chi connectivity index (χ4n) is 2.28. The third-order valence-electron chi connectivity index (χ3n) is 3.36. The Balaban J connectivity index is 1.92. The minimum Gasteiger partial charge on any atom is -0.490 e. The van der Waals surface area contributed by atoms with Gasteiger partial charge in [0.2, 0.25) is 0 Å². The van der Waals surface area contributed by atoms with Crippen LogP contribution < -0.4 is 15.2 Å². The summed E-state index contributed by atoms with van der Waals surface area (Å²) < 4.78 is 11.3. The lowest BCUT2D eigenvalue weighted by Crippen LogP contribution is -2.14. The number of aromatic nitrogens is 1. The zero-order valence-electron chi connectivity index (χ0n) is 11.5. The zero-order chi connectivity index (χ0) is 13.9. The van der Waals surface area contributed by atoms with E-state index in [2.05, 4.69) is 4.98 Å². The SMILES string of the molecule is Cc1cccc(C(N)c2ccc3c(c2)OCCCO3)n1. The van der Waals surface area contributed by atoms with Crippen molar-refractivity contribution >= 4 is 0 Å². The number of fused-ring (bicyclic) bond motifs is 1. The normalized spacial score (nSPS) is 15.5. The predicted octanol–water partition coefficient (Wildman–Crippen LogP) is 2.60. The number of rotatable bonds is 2. The quantitative estimate of drug-likeness (QED) is 0.911. The summed E-state index contributed by atoms with van der Waals surface area (Å²) >= 11 is 0. The van der Waals surface area contributed by atoms with Gasteiger partial charge in [-0.25, -0.2) is 0 Å². The molecule has 0 spiro atoms. The van der Waals surface area contributed by atoms with Crippen molar-refractivity contribution in [3.05, 3.63) is 53.3 Å². The number of benzene rings is 1. The van der Waals surface area contributed by atoms with Gasteiger partial charge in [0.25, 0.3) is 0 Å². The van der Waals surface area contributed by atoms with Crippen LogP contribution in [0, 0.1) is 6.92 Å². The first-order valence-electron chi connectivity index (χ1n) is 6.83. The molecule has 4 heteroatoms. The lowest BCUT2D eigenvalue weighted by atomic mass is 10.0. The lowest BCUT2D eigenvalue weighted by molar-refractivity contribution is 0.297. The van der Waals surface area contributed by atoms with Crippen molar-refractivity contribution < 1.29 is 9.47 Å². The molecule has 0 fully saturated rings. The lowest BCUT2D eigenvalue weighted by Gasteiger charge is -2.15. The van der Waals surface area contributed by atoms with Crippen LogP contribution in [0.1, 0.15) is 29.4 Å². The van der Waals surface area contributed by atoms with Gasteiger partial charge in [0.1, 0.15) is 0 Å². The molecular formula is C16H18N2O2. The molecule has 0 saturated carbocycles. The van der Waals surface area contributed by atoms with Crippen LogP contribution in [-0.4, -0.2) is 18.2 Å². The fourth-order valence-corrected chi connectivity index (χ4v) is 2.28. The Morgan fingerprint density at radius 2 is 1.90 bits per heavy atom. The van der Waals surface area contributed by atoms with E-state index in [1.807, 2.05) is 43.3 Å². The maximum atomic E-state index is 6.30. The third kappa shape index (κ3) is 2.60. The maximum Gasteiger partial charge on any atom is 0.161 e. The molecule has 20 heavy (non-hydrogen) atoms. The number of ether oxygens (including phenoxy) is 2. The second-order valence-corrected chi connectivity index (χ2v) is 4.94. The number of hydrogen-bond acceptors (Lipinski definition) is 4. The van der Waals surface area contributed by atoms with Crippen molar-refractivity contribution in [1.29, 1.82) is 0 Å². The Hall–Kier alpha value is -2.07. The van der Waals surface area contributed by atoms with E-state index in [0.717, 1.165) is 34.9 Å². The summed E-state index contributed by atoms with van der Waals surface area (Å²) in [4.78, 5) is 4.48. The van der Waals surface area contributed by atoms with Crippen LogP contribution in [0.3, 0.4) is 0 Å². The Kier molecular flexibility index (Phi) is 3.56. The Morgan fingerprint density at radius 1 is 1.10 bits per heavy atom. The third-order valence-corrected chi connectivity index (χ3v) is 3.36. The van der Waals surface area contributed by atoms with E-state index in [4.69, 9.17) is 15.2 Å². The van der Waals surface area contributed by atoms with E-state index in [1.54, 1.807) is 0 Å². The monoisotopic (exact) mass is 270 g/mol. The van der Waals surface area contributed by atoms with Crippen LogP contribution in [0.15, 0.2) is 36.4 Å². The standard InChI is InChI=1S/C16H18N2O2/c1-11-4-2-5-13(18-11)16(17)12-6-7-14-15(10-12)20-9-3-8-19-14/h2,4-7,10,16H,3,8-9,17H2,1H3. The van der Waals surface area contributed by atoms with Crippen molar-refractivity contribution in [2.45, 2.75) is 19.4 Å². The smallest absolute Gasteiger partial charge is 0.161 e. The van der Waals surface area contributed by atoms with Gasteiger partial charge in [-0.05, 0) is 36.8 Å². The fraction of sp³-hybridized carbons (Fsp3) is 0.312. The van der Waals surface area contributed by atoms with E-state index in [1.165, 1.54) is 0 Å². The summed E-state index contributed by atoms with van der Waals surface area (Å²) in [6, 6.07) is 11.5. The van der Waals surface area contributed by atoms with E-state index >= 15 is 0 Å². The van der Waals surface area contributed by atoms with Crippen LogP contribution >= 0.6 is 0 Å². The number of nitrogens with two attached hydrogens (primary N) is 1. The number of nitrogens with zero attached hydrogens (tertiary/aromatic N) is 1. The molecule has 4 nitrogen and oxygen atoms in total. The zero-order valence-corrected chi connectivity index (χ0v) is 11.5. The van der Waals surface area contributed by atoms with Gasteiger partial charge in [-0.3, -0.25) is 4.98 Å². The molecule has 1 atom stereocenters. The first kappa shape index (κ1) is 12.9. The molecule has 104 valence electrons. The molecule has 2 aromatic rings. The minimum absolute atomic E-state index is 0.257. The van der Waals surface area contributed by atoms with Gasteiger partial charge in [0, 0.05) is 12.1 Å². The van der Waals surface area contributed by atoms with Gasteiger partial charge in [0.05, 0.1) is 24.9 Å². The minimum atomic E-state index is -0.257. The van der Waals surface area contributed by atoms with Gasteiger partial charge in [-0.2, -0.15) is 0 Å². The number of aryl methyl sites for hydroxylation is 1. The molecule has 1 aromatic heterocycles. The molecular weight excluding hydrogens is 252 g/mol. The molecule has 1 aliphatic heterocycles. The summed E-state index contributed by atoms with van der Waals surface area (Å²) in [7, 11) is 0. The summed E-state index contributed by atoms with van der Waals surface area (Å²) in [6.07, 6.45) is 0.898. The second-order valence-electron chi connectivity index (χ2n) is 4.94. The van der Waals surface area contributed by atoms with Crippen molar-refractivity contribution in [3.8, 4) is 11.5 Å². The van der Waals surface area contributed by atoms with Gasteiger partial charge < -0.3 is 15.2 Å². The molecule has 2 heterocycles. The Bertz CT molecular complexity index is 613. The van der Waals surface area contributed by atoms with Crippen molar-refractivity contribution in [2.24, 2.45) is 5.73 Å². The second kappa shape index (κ2) is 5.51. The summed E-state index contributed by atoms with van der Waals surface area (Å²) in [5, 5.41) is 0. The molecule has 0 amide bonds. The topological polar surface area (TPSA) is 57.4 Å². The highest BCUT2D eigenvalue weighted by Crippen LogP contribution is 2.33. The van der Waals surface area contributed by atoms with Gasteiger partial charge >= 0.3 is 0 Å². The number of pyridine rings is 1. The van der Waals surface area contributed by atoms with E-state index < -0.39 is 0 Å². The largest absolute Gasteiger partial charge is 0.490 e. The molecule has 3 rings (SSSR count). The predicted molar refractivity (Wildman–Crippen MR) is 77.1 cm³/mol. The summed E-state index contributed by atoms with van der Waals surface area (Å²) in [6.45, 7) is 3.33. The molecule has 0 saturated heterocycles. The van der Waals surface area contributed by atoms with Crippen molar-refractivity contribution in [3.63, 3.8) is 0 Å². The molecule has 0 bridgehead atoms. The van der Waals surface area contributed by atoms with Crippen LogP contribution in [-0.2, 0) is 0 Å². The van der Waals surface area contributed by atoms with Gasteiger partial charge in [-0.1, -0.05) is 12.1 Å². The highest BCUT2D eigenvalue weighted by molar-refractivity contribution is 5.45. The average Bonchev–Trinajstić information content (AvgIpc) is 2.71. The average molecular weight is 270 g/mol. The Morgan fingerprint density at radius 3 is 2.70 bits per heavy atom. The maximum absolute atomic E-state index is 6.30. The molecule has 1 unspecified atom stereocenters. The van der Waals surface area contributed by atoms with Crippen LogP contribution in [0.4, 0.5) is 0 Å². The highest BCUT2D eigenvalue weighted by Gasteiger charge is 2.15. The van der Waals surface area contributed by atoms with E-state index in [0.29, 0.717) is 13.2 Å². The molecule has 0 radical (unpaired) electrons. The summed E-state index contributed by atoms with van der Waals surface area (Å²) in [5.74, 6) is 1.55. The molecule has 0 aliphatic carbocycles. The molecule has 1 aliphatic rings. The molecule has 2 N–H and O–H groups in total. The van der Waals surface area contributed by atoms with Crippen molar-refractivity contribution in [1.82, 2.24) is 4.98 Å². The summed E-state index contributed by atoms with van der Waals surface area (Å²) in [5.41, 5.74) is 9.10. The van der Waals surface area contributed by atoms with Crippen LogP contribution in [0.25, 0.3) is 0 Å². The van der Waals surface area contributed by atoms with Crippen LogP contribution in [0.2, 0.25) is 0 Å². The Labute approximate surface area is 118 Å².